The van der Waals surface area contributed by atoms with E-state index >= 15 is 0 Å². The minimum absolute atomic E-state index is 0.0546. The molecule has 0 atom stereocenters. The maximum atomic E-state index is 11.5. The number of nitrogens with one attached hydrogen (secondary N) is 1. The van der Waals surface area contributed by atoms with Crippen LogP contribution in [0.15, 0.2) is 22.7 Å². The first-order valence-corrected chi connectivity index (χ1v) is 5.65. The molecule has 1 aromatic carbocycles. The third-order valence-electron chi connectivity index (χ3n) is 2.02. The number of carbonyl (C=O) groups is 2. The van der Waals surface area contributed by atoms with E-state index in [0.29, 0.717) is 11.1 Å². The Bertz CT molecular complexity index is 433. The topological polar surface area (TPSA) is 75.6 Å². The number of hydrogen-bond acceptors (Lipinski definition) is 3. The van der Waals surface area contributed by atoms with E-state index < -0.39 is 5.97 Å². The highest BCUT2D eigenvalue weighted by Gasteiger charge is 2.12. The lowest BCUT2D eigenvalue weighted by Crippen LogP contribution is -2.16. The van der Waals surface area contributed by atoms with Crippen LogP contribution in [0, 0.1) is 0 Å². The van der Waals surface area contributed by atoms with Crippen LogP contribution in [0.4, 0.5) is 5.69 Å². The molecule has 0 bridgehead atoms. The molecule has 0 unspecified atom stereocenters. The van der Waals surface area contributed by atoms with Crippen molar-refractivity contribution in [2.45, 2.75) is 6.42 Å². The highest BCUT2D eigenvalue weighted by molar-refractivity contribution is 9.10. The molecule has 0 heterocycles. The molecule has 1 rings (SSSR count). The highest BCUT2D eigenvalue weighted by Crippen LogP contribution is 2.21. The number of anilines is 1. The fraction of sp³-hybridized carbons (Fsp3) is 0.273. The minimum atomic E-state index is -1.08. The lowest BCUT2D eigenvalue weighted by molar-refractivity contribution is -0.117. The van der Waals surface area contributed by atoms with Crippen LogP contribution in [-0.4, -0.2) is 30.7 Å². The van der Waals surface area contributed by atoms with Crippen molar-refractivity contribution in [3.63, 3.8) is 0 Å². The average Bonchev–Trinajstić information content (AvgIpc) is 2.26. The molecule has 0 radical (unpaired) electrons. The molecule has 92 valence electrons. The normalized spacial score (nSPS) is 10.0. The van der Waals surface area contributed by atoms with E-state index in [1.807, 2.05) is 0 Å². The van der Waals surface area contributed by atoms with Crippen LogP contribution in [0.3, 0.4) is 0 Å². The molecule has 0 fully saturated rings. The highest BCUT2D eigenvalue weighted by atomic mass is 79.9. The molecule has 2 N–H and O–H groups in total. The summed E-state index contributed by atoms with van der Waals surface area (Å²) >= 11 is 3.22. The zero-order valence-electron chi connectivity index (χ0n) is 9.20. The molecular formula is C11H12BrNO4. The van der Waals surface area contributed by atoms with Gasteiger partial charge in [0.15, 0.2) is 0 Å². The third-order valence-corrected chi connectivity index (χ3v) is 2.51. The molecule has 0 aromatic heterocycles. The fourth-order valence-electron chi connectivity index (χ4n) is 1.21. The SMILES string of the molecule is COCCC(=O)Nc1cc(Br)ccc1C(=O)O. The second kappa shape index (κ2) is 6.36. The van der Waals surface area contributed by atoms with E-state index in [2.05, 4.69) is 21.2 Å². The Morgan fingerprint density at radius 3 is 2.76 bits per heavy atom. The molecule has 1 amide bonds. The van der Waals surface area contributed by atoms with Crippen molar-refractivity contribution < 1.29 is 19.4 Å². The second-order valence-corrected chi connectivity index (χ2v) is 4.20. The molecule has 0 aliphatic heterocycles. The third kappa shape index (κ3) is 4.16. The van der Waals surface area contributed by atoms with Gasteiger partial charge < -0.3 is 15.2 Å². The van der Waals surface area contributed by atoms with Crippen molar-refractivity contribution in [1.29, 1.82) is 0 Å². The van der Waals surface area contributed by atoms with Crippen LogP contribution >= 0.6 is 15.9 Å². The molecule has 0 aliphatic carbocycles. The molecule has 0 spiro atoms. The van der Waals surface area contributed by atoms with Gasteiger partial charge in [0.2, 0.25) is 5.91 Å². The van der Waals surface area contributed by atoms with E-state index in [-0.39, 0.29) is 23.6 Å². The Kier molecular flexibility index (Phi) is 5.11. The second-order valence-electron chi connectivity index (χ2n) is 3.29. The number of carboxylic acid groups (broad SMARTS) is 1. The first-order chi connectivity index (χ1) is 8.04. The Hall–Kier alpha value is -1.40. The molecular weight excluding hydrogens is 290 g/mol. The Balaban J connectivity index is 2.85. The Morgan fingerprint density at radius 2 is 2.18 bits per heavy atom. The maximum Gasteiger partial charge on any atom is 0.337 e. The number of carbonyl (C=O) groups excluding carboxylic acids is 1. The number of methoxy groups -OCH3 is 1. The summed E-state index contributed by atoms with van der Waals surface area (Å²) in [6, 6.07) is 4.58. The van der Waals surface area contributed by atoms with Gasteiger partial charge in [0.25, 0.3) is 0 Å². The predicted octanol–water partition coefficient (Wildman–Crippen LogP) is 2.12. The monoisotopic (exact) mass is 301 g/mol. The maximum absolute atomic E-state index is 11.5. The Labute approximate surface area is 107 Å². The summed E-state index contributed by atoms with van der Waals surface area (Å²) in [5.74, 6) is -1.37. The average molecular weight is 302 g/mol. The van der Waals surface area contributed by atoms with Crippen molar-refractivity contribution in [3.05, 3.63) is 28.2 Å². The van der Waals surface area contributed by atoms with Gasteiger partial charge in [-0.15, -0.1) is 0 Å². The predicted molar refractivity (Wildman–Crippen MR) is 66.2 cm³/mol. The largest absolute Gasteiger partial charge is 0.478 e. The summed E-state index contributed by atoms with van der Waals surface area (Å²) < 4.78 is 5.46. The van der Waals surface area contributed by atoms with Gasteiger partial charge in [-0.3, -0.25) is 4.79 Å². The van der Waals surface area contributed by atoms with E-state index in [9.17, 15) is 9.59 Å². The number of ether oxygens (including phenoxy) is 1. The van der Waals surface area contributed by atoms with Crippen LogP contribution < -0.4 is 5.32 Å². The van der Waals surface area contributed by atoms with Crippen LogP contribution in [-0.2, 0) is 9.53 Å². The van der Waals surface area contributed by atoms with Gasteiger partial charge in [-0.25, -0.2) is 4.79 Å². The molecule has 5 nitrogen and oxygen atoms in total. The number of rotatable bonds is 5. The molecule has 1 aromatic rings. The number of carboxylic acids is 1. The van der Waals surface area contributed by atoms with Crippen LogP contribution in [0.5, 0.6) is 0 Å². The zero-order chi connectivity index (χ0) is 12.8. The molecule has 6 heteroatoms. The minimum Gasteiger partial charge on any atom is -0.478 e. The van der Waals surface area contributed by atoms with Crippen LogP contribution in [0.25, 0.3) is 0 Å². The number of aromatic carboxylic acids is 1. The van der Waals surface area contributed by atoms with Gasteiger partial charge in [0.05, 0.1) is 24.3 Å². The van der Waals surface area contributed by atoms with Gasteiger partial charge >= 0.3 is 5.97 Å². The number of hydrogen-bond donors (Lipinski definition) is 2. The van der Waals surface area contributed by atoms with Gasteiger partial charge in [-0.05, 0) is 18.2 Å². The fourth-order valence-corrected chi connectivity index (χ4v) is 1.57. The Morgan fingerprint density at radius 1 is 1.47 bits per heavy atom. The lowest BCUT2D eigenvalue weighted by atomic mass is 10.2. The van der Waals surface area contributed by atoms with Crippen molar-refractivity contribution >= 4 is 33.5 Å². The molecule has 17 heavy (non-hydrogen) atoms. The summed E-state index contributed by atoms with van der Waals surface area (Å²) in [7, 11) is 1.50. The summed E-state index contributed by atoms with van der Waals surface area (Å²) in [6.07, 6.45) is 0.183. The van der Waals surface area contributed by atoms with Gasteiger partial charge in [-0.2, -0.15) is 0 Å². The lowest BCUT2D eigenvalue weighted by Gasteiger charge is -2.08. The van der Waals surface area contributed by atoms with Gasteiger partial charge in [0, 0.05) is 11.6 Å². The van der Waals surface area contributed by atoms with E-state index in [4.69, 9.17) is 9.84 Å². The standard InChI is InChI=1S/C11H12BrNO4/c1-17-5-4-10(14)13-9-6-7(12)2-3-8(9)11(15)16/h2-3,6H,4-5H2,1H3,(H,13,14)(H,15,16). The summed E-state index contributed by atoms with van der Waals surface area (Å²) in [4.78, 5) is 22.4. The van der Waals surface area contributed by atoms with Crippen molar-refractivity contribution in [2.75, 3.05) is 19.0 Å². The summed E-state index contributed by atoms with van der Waals surface area (Å²) in [5.41, 5.74) is 0.326. The first-order valence-electron chi connectivity index (χ1n) is 4.86. The number of halogens is 1. The van der Waals surface area contributed by atoms with Gasteiger partial charge in [0.1, 0.15) is 0 Å². The van der Waals surface area contributed by atoms with Crippen molar-refractivity contribution in [1.82, 2.24) is 0 Å². The molecule has 0 saturated heterocycles. The van der Waals surface area contributed by atoms with Crippen molar-refractivity contribution in [2.24, 2.45) is 0 Å². The van der Waals surface area contributed by atoms with E-state index in [1.54, 1.807) is 12.1 Å². The summed E-state index contributed by atoms with van der Waals surface area (Å²) in [6.45, 7) is 0.294. The van der Waals surface area contributed by atoms with Crippen molar-refractivity contribution in [3.8, 4) is 0 Å². The smallest absolute Gasteiger partial charge is 0.337 e. The molecule has 0 saturated carbocycles. The van der Waals surface area contributed by atoms with Crippen LogP contribution in [0.1, 0.15) is 16.8 Å². The zero-order valence-corrected chi connectivity index (χ0v) is 10.8. The first kappa shape index (κ1) is 13.7. The number of amides is 1. The quantitative estimate of drug-likeness (QED) is 0.873. The summed E-state index contributed by atoms with van der Waals surface area (Å²) in [5, 5.41) is 11.5. The van der Waals surface area contributed by atoms with E-state index in [0.717, 1.165) is 0 Å². The number of benzene rings is 1. The molecule has 0 aliphatic rings. The van der Waals surface area contributed by atoms with E-state index in [1.165, 1.54) is 13.2 Å². The van der Waals surface area contributed by atoms with Gasteiger partial charge in [-0.1, -0.05) is 15.9 Å². The van der Waals surface area contributed by atoms with Crippen LogP contribution in [0.2, 0.25) is 0 Å².